The van der Waals surface area contributed by atoms with Gasteiger partial charge in [0.15, 0.2) is 0 Å². The number of aliphatic hydroxyl groups is 1. The number of benzene rings is 5. The highest BCUT2D eigenvalue weighted by Crippen LogP contribution is 2.39. The van der Waals surface area contributed by atoms with Crippen LogP contribution in [0, 0.1) is 6.92 Å². The largest absolute Gasteiger partial charge is 0.497 e. The Balaban J connectivity index is 0.000000608. The van der Waals surface area contributed by atoms with Crippen LogP contribution in [0.2, 0.25) is 0 Å². The highest BCUT2D eigenvalue weighted by molar-refractivity contribution is 6.15. The standard InChI is InChI=1S/C32H22O3.C2H6.C2H4.CH4O/c1-19-3-5-20(6-4-19)22-9-13-25-27-17-32-28(18-31(27)34-29(25)15-22)26-14-10-23(16-30(26)35-32)21-7-11-24(33-2)12-8-21;3*1-2/h3-18H,1-2H3;1-2H3;1-2H2;2H,1H3. The second-order valence-electron chi connectivity index (χ2n) is 9.07. The summed E-state index contributed by atoms with van der Waals surface area (Å²) < 4.78 is 17.9. The minimum atomic E-state index is 0.847. The molecule has 2 heterocycles. The molecule has 0 fully saturated rings. The molecule has 1 N–H and O–H groups in total. The Labute approximate surface area is 241 Å². The van der Waals surface area contributed by atoms with E-state index in [-0.39, 0.29) is 0 Å². The molecule has 0 bridgehead atoms. The third kappa shape index (κ3) is 5.60. The SMILES string of the molecule is C=C.CC.CO.COc1ccc(-c2ccc3c(c2)oc2cc4c(cc23)oc2cc(-c3ccc(C)cc3)ccc24)cc1. The quantitative estimate of drug-likeness (QED) is 0.225. The number of ether oxygens (including phenoxy) is 1. The van der Waals surface area contributed by atoms with E-state index < -0.39 is 0 Å². The fourth-order valence-corrected chi connectivity index (χ4v) is 4.93. The van der Waals surface area contributed by atoms with Crippen LogP contribution in [0.5, 0.6) is 5.75 Å². The molecule has 4 heteroatoms. The summed E-state index contributed by atoms with van der Waals surface area (Å²) in [6.07, 6.45) is 0. The molecule has 0 aliphatic carbocycles. The van der Waals surface area contributed by atoms with Crippen LogP contribution in [-0.4, -0.2) is 19.3 Å². The van der Waals surface area contributed by atoms with Crippen LogP contribution < -0.4 is 4.74 Å². The Morgan fingerprint density at radius 1 is 0.512 bits per heavy atom. The van der Waals surface area contributed by atoms with Gasteiger partial charge >= 0.3 is 0 Å². The van der Waals surface area contributed by atoms with Crippen LogP contribution in [0.1, 0.15) is 19.4 Å². The summed E-state index contributed by atoms with van der Waals surface area (Å²) in [6, 6.07) is 33.7. The first kappa shape index (κ1) is 29.2. The fraction of sp³-hybridized carbons (Fsp3) is 0.135. The Kier molecular flexibility index (Phi) is 9.28. The number of furan rings is 2. The van der Waals surface area contributed by atoms with Crippen LogP contribution in [0.4, 0.5) is 0 Å². The van der Waals surface area contributed by atoms with E-state index in [1.807, 2.05) is 26.0 Å². The van der Waals surface area contributed by atoms with Crippen LogP contribution in [0.15, 0.2) is 119 Å². The molecule has 0 radical (unpaired) electrons. The van der Waals surface area contributed by atoms with Crippen molar-refractivity contribution in [2.75, 3.05) is 14.2 Å². The van der Waals surface area contributed by atoms with Gasteiger partial charge in [0.1, 0.15) is 28.1 Å². The van der Waals surface area contributed by atoms with Crippen molar-refractivity contribution in [3.63, 3.8) is 0 Å². The van der Waals surface area contributed by atoms with E-state index in [4.69, 9.17) is 18.7 Å². The first-order valence-electron chi connectivity index (χ1n) is 13.6. The molecule has 0 aliphatic rings. The van der Waals surface area contributed by atoms with Gasteiger partial charge in [0.25, 0.3) is 0 Å². The van der Waals surface area contributed by atoms with Crippen molar-refractivity contribution >= 4 is 43.9 Å². The predicted molar refractivity (Wildman–Crippen MR) is 174 cm³/mol. The molecule has 0 amide bonds. The molecule has 0 saturated heterocycles. The van der Waals surface area contributed by atoms with Gasteiger partial charge in [0.05, 0.1) is 7.11 Å². The number of fused-ring (bicyclic) bond motifs is 6. The van der Waals surface area contributed by atoms with Gasteiger partial charge in [0, 0.05) is 28.7 Å². The maximum Gasteiger partial charge on any atom is 0.136 e. The van der Waals surface area contributed by atoms with E-state index in [1.54, 1.807) is 7.11 Å². The molecular formula is C37H36O4. The van der Waals surface area contributed by atoms with Crippen LogP contribution in [-0.2, 0) is 0 Å². The average Bonchev–Trinajstić information content (AvgIpc) is 3.59. The summed E-state index contributed by atoms with van der Waals surface area (Å²) in [7, 11) is 2.68. The number of methoxy groups -OCH3 is 1. The van der Waals surface area contributed by atoms with Crippen LogP contribution >= 0.6 is 0 Å². The van der Waals surface area contributed by atoms with Crippen molar-refractivity contribution in [3.8, 4) is 28.0 Å². The van der Waals surface area contributed by atoms with Crippen LogP contribution in [0.25, 0.3) is 66.1 Å². The minimum Gasteiger partial charge on any atom is -0.497 e. The normalized spacial score (nSPS) is 10.4. The molecule has 5 aromatic carbocycles. The number of hydrogen-bond acceptors (Lipinski definition) is 4. The van der Waals surface area contributed by atoms with Gasteiger partial charge in [-0.15, -0.1) is 13.2 Å². The molecule has 208 valence electrons. The van der Waals surface area contributed by atoms with Crippen molar-refractivity contribution in [2.45, 2.75) is 20.8 Å². The first-order valence-corrected chi connectivity index (χ1v) is 13.6. The Hall–Kier alpha value is -4.80. The van der Waals surface area contributed by atoms with Gasteiger partial charge < -0.3 is 18.7 Å². The Morgan fingerprint density at radius 2 is 0.878 bits per heavy atom. The molecule has 2 aromatic heterocycles. The van der Waals surface area contributed by atoms with Gasteiger partial charge in [-0.25, -0.2) is 0 Å². The first-order chi connectivity index (χ1) is 20.2. The second-order valence-corrected chi connectivity index (χ2v) is 9.07. The summed E-state index contributed by atoms with van der Waals surface area (Å²) in [5.41, 5.74) is 9.31. The lowest BCUT2D eigenvalue weighted by molar-refractivity contribution is 0.399. The van der Waals surface area contributed by atoms with Crippen molar-refractivity contribution in [2.24, 2.45) is 0 Å². The summed E-state index contributed by atoms with van der Waals surface area (Å²) in [5, 5.41) is 11.3. The van der Waals surface area contributed by atoms with Gasteiger partial charge in [-0.3, -0.25) is 0 Å². The summed E-state index contributed by atoms with van der Waals surface area (Å²) in [5.74, 6) is 0.847. The summed E-state index contributed by atoms with van der Waals surface area (Å²) >= 11 is 0. The molecule has 0 saturated carbocycles. The molecule has 0 spiro atoms. The molecular weight excluding hydrogens is 508 g/mol. The topological polar surface area (TPSA) is 55.7 Å². The molecule has 7 rings (SSSR count). The minimum absolute atomic E-state index is 0.847. The smallest absolute Gasteiger partial charge is 0.136 e. The van der Waals surface area contributed by atoms with E-state index in [1.165, 1.54) is 11.1 Å². The van der Waals surface area contributed by atoms with Crippen LogP contribution in [0.3, 0.4) is 0 Å². The van der Waals surface area contributed by atoms with E-state index in [9.17, 15) is 0 Å². The summed E-state index contributed by atoms with van der Waals surface area (Å²) in [6.45, 7) is 12.1. The predicted octanol–water partition coefficient (Wildman–Crippen LogP) is 10.6. The van der Waals surface area contributed by atoms with Crippen molar-refractivity contribution < 1.29 is 18.7 Å². The molecule has 4 nitrogen and oxygen atoms in total. The average molecular weight is 545 g/mol. The fourth-order valence-electron chi connectivity index (χ4n) is 4.93. The van der Waals surface area contributed by atoms with E-state index in [0.29, 0.717) is 0 Å². The van der Waals surface area contributed by atoms with E-state index >= 15 is 0 Å². The third-order valence-corrected chi connectivity index (χ3v) is 6.87. The molecule has 0 atom stereocenters. The highest BCUT2D eigenvalue weighted by atomic mass is 16.5. The lowest BCUT2D eigenvalue weighted by Gasteiger charge is -2.03. The Morgan fingerprint density at radius 3 is 1.29 bits per heavy atom. The highest BCUT2D eigenvalue weighted by Gasteiger charge is 2.14. The van der Waals surface area contributed by atoms with E-state index in [0.717, 1.165) is 73.4 Å². The van der Waals surface area contributed by atoms with Gasteiger partial charge in [0.2, 0.25) is 0 Å². The zero-order chi connectivity index (χ0) is 29.5. The number of rotatable bonds is 3. The van der Waals surface area contributed by atoms with Gasteiger partial charge in [-0.05, 0) is 77.7 Å². The van der Waals surface area contributed by atoms with Gasteiger partial charge in [-0.2, -0.15) is 0 Å². The lowest BCUT2D eigenvalue weighted by Crippen LogP contribution is -1.82. The van der Waals surface area contributed by atoms with Gasteiger partial charge in [-0.1, -0.05) is 67.9 Å². The third-order valence-electron chi connectivity index (χ3n) is 6.87. The Bertz CT molecular complexity index is 1890. The molecule has 0 unspecified atom stereocenters. The van der Waals surface area contributed by atoms with Crippen molar-refractivity contribution in [3.05, 3.63) is 116 Å². The van der Waals surface area contributed by atoms with Crippen molar-refractivity contribution in [1.29, 1.82) is 0 Å². The monoisotopic (exact) mass is 544 g/mol. The molecule has 0 aliphatic heterocycles. The zero-order valence-corrected chi connectivity index (χ0v) is 24.3. The lowest BCUT2D eigenvalue weighted by atomic mass is 10.0. The maximum atomic E-state index is 7.00. The van der Waals surface area contributed by atoms with E-state index in [2.05, 4.69) is 105 Å². The molecule has 7 aromatic rings. The number of aliphatic hydroxyl groups excluding tert-OH is 1. The maximum absolute atomic E-state index is 7.00. The summed E-state index contributed by atoms with van der Waals surface area (Å²) in [4.78, 5) is 0. The number of hydrogen-bond donors (Lipinski definition) is 1. The number of aryl methyl sites for hydroxylation is 1. The zero-order valence-electron chi connectivity index (χ0n) is 24.3. The van der Waals surface area contributed by atoms with Crippen molar-refractivity contribution in [1.82, 2.24) is 0 Å². The molecule has 41 heavy (non-hydrogen) atoms. The second kappa shape index (κ2) is 13.0.